The molecule has 1 aromatic heterocycles. The van der Waals surface area contributed by atoms with Crippen molar-refractivity contribution in [1.82, 2.24) is 15.6 Å². The second-order valence-electron chi connectivity index (χ2n) is 7.63. The monoisotopic (exact) mass is 384 g/mol. The number of amides is 2. The Bertz CT molecular complexity index is 905. The Morgan fingerprint density at radius 1 is 1.36 bits per heavy atom. The van der Waals surface area contributed by atoms with Crippen LogP contribution in [0.3, 0.4) is 0 Å². The van der Waals surface area contributed by atoms with E-state index in [2.05, 4.69) is 20.6 Å². The summed E-state index contributed by atoms with van der Waals surface area (Å²) in [6.07, 6.45) is 3.81. The van der Waals surface area contributed by atoms with E-state index in [1.165, 1.54) is 0 Å². The van der Waals surface area contributed by atoms with Crippen LogP contribution in [0.25, 0.3) is 10.9 Å². The Labute approximate surface area is 164 Å². The summed E-state index contributed by atoms with van der Waals surface area (Å²) >= 11 is 0. The number of carbonyl (C=O) groups is 2. The van der Waals surface area contributed by atoms with Crippen molar-refractivity contribution < 1.29 is 9.59 Å². The average Bonchev–Trinajstić information content (AvgIpc) is 3.17. The molecule has 7 N–H and O–H groups in total. The van der Waals surface area contributed by atoms with E-state index < -0.39 is 17.4 Å². The molecule has 3 unspecified atom stereocenters. The number of aromatic nitrogens is 1. The third-order valence-corrected chi connectivity index (χ3v) is 5.72. The van der Waals surface area contributed by atoms with Gasteiger partial charge in [-0.3, -0.25) is 14.6 Å². The van der Waals surface area contributed by atoms with Crippen LogP contribution in [0.4, 0.5) is 0 Å². The van der Waals surface area contributed by atoms with Crippen LogP contribution in [0, 0.1) is 11.3 Å². The van der Waals surface area contributed by atoms with Crippen LogP contribution >= 0.6 is 0 Å². The highest BCUT2D eigenvalue weighted by Crippen LogP contribution is 2.54. The van der Waals surface area contributed by atoms with Crippen molar-refractivity contribution in [2.75, 3.05) is 13.6 Å². The van der Waals surface area contributed by atoms with Gasteiger partial charge in [-0.2, -0.15) is 0 Å². The van der Waals surface area contributed by atoms with Gasteiger partial charge in [0.25, 0.3) is 0 Å². The molecule has 3 atom stereocenters. The van der Waals surface area contributed by atoms with Gasteiger partial charge in [0.15, 0.2) is 5.96 Å². The summed E-state index contributed by atoms with van der Waals surface area (Å²) in [5, 5.41) is 6.90. The number of rotatable bonds is 8. The second-order valence-corrected chi connectivity index (χ2v) is 7.63. The Hall–Kier alpha value is -3.03. The van der Waals surface area contributed by atoms with Crippen molar-refractivity contribution in [3.05, 3.63) is 36.0 Å². The summed E-state index contributed by atoms with van der Waals surface area (Å²) in [4.78, 5) is 31.8. The van der Waals surface area contributed by atoms with Crippen LogP contribution in [-0.4, -0.2) is 42.4 Å². The zero-order valence-electron chi connectivity index (χ0n) is 16.3. The predicted molar refractivity (Wildman–Crippen MR) is 110 cm³/mol. The molecule has 2 amide bonds. The number of nitrogens with zero attached hydrogens (tertiary/aromatic N) is 1. The Balaban J connectivity index is 1.60. The highest BCUT2D eigenvalue weighted by Gasteiger charge is 2.55. The largest absolute Gasteiger partial charge is 0.370 e. The molecule has 8 nitrogen and oxygen atoms in total. The zero-order valence-corrected chi connectivity index (χ0v) is 16.3. The minimum atomic E-state index is -0.745. The fourth-order valence-electron chi connectivity index (χ4n) is 3.67. The summed E-state index contributed by atoms with van der Waals surface area (Å²) in [7, 11) is 1.62. The van der Waals surface area contributed by atoms with Gasteiger partial charge >= 0.3 is 0 Å². The van der Waals surface area contributed by atoms with Gasteiger partial charge in [0.2, 0.25) is 11.8 Å². The van der Waals surface area contributed by atoms with Crippen LogP contribution in [0.5, 0.6) is 0 Å². The quantitative estimate of drug-likeness (QED) is 0.336. The lowest BCUT2D eigenvalue weighted by molar-refractivity contribution is -0.130. The summed E-state index contributed by atoms with van der Waals surface area (Å²) in [5.41, 5.74) is 12.7. The van der Waals surface area contributed by atoms with E-state index in [1.54, 1.807) is 7.05 Å². The van der Waals surface area contributed by atoms with Crippen LogP contribution in [0.2, 0.25) is 0 Å². The standard InChI is InChI=1S/C20H28N6O2/c1-20(10-13(20)7-8-24-19(22)23-2)18(28)26-16(17(21)27)9-12-11-25-15-6-4-3-5-14(12)15/h3-6,11,13,16,25H,7-10H2,1-2H3,(H2,21,27)(H,26,28)(H3,22,23,24). The van der Waals surface area contributed by atoms with Crippen LogP contribution in [-0.2, 0) is 16.0 Å². The number of guanidine groups is 1. The SMILES string of the molecule is CN=C(N)NCCC1CC1(C)C(=O)NC(Cc1c[nH]c2ccccc12)C(N)=O. The van der Waals surface area contributed by atoms with Crippen LogP contribution in [0.1, 0.15) is 25.3 Å². The lowest BCUT2D eigenvalue weighted by Gasteiger charge is -2.19. The number of carbonyl (C=O) groups excluding carboxylic acids is 2. The number of nitrogens with two attached hydrogens (primary N) is 2. The molecule has 0 aliphatic heterocycles. The lowest BCUT2D eigenvalue weighted by atomic mass is 10.0. The number of H-pyrrole nitrogens is 1. The van der Waals surface area contributed by atoms with E-state index in [1.807, 2.05) is 37.4 Å². The zero-order chi connectivity index (χ0) is 20.3. The highest BCUT2D eigenvalue weighted by atomic mass is 16.2. The number of benzene rings is 1. The molecule has 28 heavy (non-hydrogen) atoms. The maximum atomic E-state index is 12.8. The number of aliphatic imine (C=N–C) groups is 1. The number of primary amides is 1. The molecule has 2 aromatic rings. The number of hydrogen-bond acceptors (Lipinski definition) is 3. The molecule has 1 heterocycles. The minimum Gasteiger partial charge on any atom is -0.370 e. The summed E-state index contributed by atoms with van der Waals surface area (Å²) in [5.74, 6) is -0.0306. The average molecular weight is 384 g/mol. The molecule has 3 rings (SSSR count). The molecule has 0 radical (unpaired) electrons. The Morgan fingerprint density at radius 3 is 2.82 bits per heavy atom. The first kappa shape index (κ1) is 19.7. The van der Waals surface area contributed by atoms with Gasteiger partial charge in [-0.15, -0.1) is 0 Å². The molecular formula is C20H28N6O2. The maximum Gasteiger partial charge on any atom is 0.240 e. The molecule has 1 fully saturated rings. The molecule has 0 spiro atoms. The molecule has 1 aliphatic carbocycles. The van der Waals surface area contributed by atoms with Crippen LogP contribution < -0.4 is 22.1 Å². The fourth-order valence-corrected chi connectivity index (χ4v) is 3.67. The van der Waals surface area contributed by atoms with Crippen molar-refractivity contribution in [3.63, 3.8) is 0 Å². The van der Waals surface area contributed by atoms with E-state index in [9.17, 15) is 9.59 Å². The normalized spacial score (nSPS) is 22.6. The number of aromatic amines is 1. The van der Waals surface area contributed by atoms with E-state index >= 15 is 0 Å². The molecule has 1 aromatic carbocycles. The van der Waals surface area contributed by atoms with Gasteiger partial charge < -0.3 is 27.1 Å². The van der Waals surface area contributed by atoms with Gasteiger partial charge in [0, 0.05) is 42.5 Å². The highest BCUT2D eigenvalue weighted by molar-refractivity contribution is 5.92. The molecule has 0 bridgehead atoms. The minimum absolute atomic E-state index is 0.127. The first-order valence-corrected chi connectivity index (χ1v) is 9.46. The van der Waals surface area contributed by atoms with E-state index in [0.717, 1.165) is 29.3 Å². The Morgan fingerprint density at radius 2 is 2.11 bits per heavy atom. The molecule has 1 aliphatic rings. The summed E-state index contributed by atoms with van der Waals surface area (Å²) in [6.45, 7) is 2.58. The van der Waals surface area contributed by atoms with Gasteiger partial charge in [0.1, 0.15) is 6.04 Å². The number of hydrogen-bond donors (Lipinski definition) is 5. The van der Waals surface area contributed by atoms with Crippen molar-refractivity contribution in [2.24, 2.45) is 27.8 Å². The van der Waals surface area contributed by atoms with Gasteiger partial charge in [-0.05, 0) is 30.4 Å². The first-order valence-electron chi connectivity index (χ1n) is 9.46. The molecule has 0 saturated heterocycles. The number of para-hydroxylation sites is 1. The van der Waals surface area contributed by atoms with E-state index in [4.69, 9.17) is 11.5 Å². The second kappa shape index (κ2) is 7.92. The molecular weight excluding hydrogens is 356 g/mol. The van der Waals surface area contributed by atoms with Gasteiger partial charge in [-0.1, -0.05) is 25.1 Å². The smallest absolute Gasteiger partial charge is 0.240 e. The topological polar surface area (TPSA) is 138 Å². The third kappa shape index (κ3) is 4.11. The van der Waals surface area contributed by atoms with Crippen molar-refractivity contribution in [3.8, 4) is 0 Å². The lowest BCUT2D eigenvalue weighted by Crippen LogP contribution is -2.48. The van der Waals surface area contributed by atoms with E-state index in [-0.39, 0.29) is 11.8 Å². The van der Waals surface area contributed by atoms with Crippen LogP contribution in [0.15, 0.2) is 35.5 Å². The molecule has 1 saturated carbocycles. The van der Waals surface area contributed by atoms with Crippen molar-refractivity contribution in [2.45, 2.75) is 32.2 Å². The summed E-state index contributed by atoms with van der Waals surface area (Å²) < 4.78 is 0. The van der Waals surface area contributed by atoms with Gasteiger partial charge in [-0.25, -0.2) is 0 Å². The van der Waals surface area contributed by atoms with Gasteiger partial charge in [0.05, 0.1) is 0 Å². The van der Waals surface area contributed by atoms with E-state index in [0.29, 0.717) is 18.9 Å². The predicted octanol–water partition coefficient (Wildman–Crippen LogP) is 0.631. The number of nitrogens with one attached hydrogen (secondary N) is 3. The Kier molecular flexibility index (Phi) is 5.58. The fraction of sp³-hybridized carbons (Fsp3) is 0.450. The molecule has 150 valence electrons. The van der Waals surface area contributed by atoms with Crippen molar-refractivity contribution in [1.29, 1.82) is 0 Å². The maximum absolute atomic E-state index is 12.8. The van der Waals surface area contributed by atoms with Crippen molar-refractivity contribution >= 4 is 28.7 Å². The third-order valence-electron chi connectivity index (χ3n) is 5.72. The number of fused-ring (bicyclic) bond motifs is 1. The first-order chi connectivity index (χ1) is 13.3. The summed E-state index contributed by atoms with van der Waals surface area (Å²) in [6, 6.07) is 7.09. The molecule has 8 heteroatoms.